The van der Waals surface area contributed by atoms with Gasteiger partial charge in [0.15, 0.2) is 0 Å². The van der Waals surface area contributed by atoms with E-state index in [1.54, 1.807) is 12.2 Å². The van der Waals surface area contributed by atoms with Crippen LogP contribution in [-0.4, -0.2) is 25.3 Å². The minimum absolute atomic E-state index is 0.196. The van der Waals surface area contributed by atoms with Crippen LogP contribution in [0.3, 0.4) is 0 Å². The van der Waals surface area contributed by atoms with Gasteiger partial charge in [-0.1, -0.05) is 48.6 Å². The molecule has 0 radical (unpaired) electrons. The van der Waals surface area contributed by atoms with Crippen LogP contribution in [0.1, 0.15) is 12.5 Å². The van der Waals surface area contributed by atoms with Crippen LogP contribution in [0.5, 0.6) is 0 Å². The number of rotatable bonds is 5. The van der Waals surface area contributed by atoms with Gasteiger partial charge in [-0.25, -0.2) is 0 Å². The molecule has 1 aliphatic carbocycles. The number of ether oxygens (including phenoxy) is 2. The molecule has 1 aliphatic rings. The van der Waals surface area contributed by atoms with Crippen molar-refractivity contribution < 1.29 is 14.3 Å². The van der Waals surface area contributed by atoms with E-state index in [0.717, 1.165) is 11.1 Å². The van der Waals surface area contributed by atoms with Gasteiger partial charge in [-0.05, 0) is 30.2 Å². The first-order chi connectivity index (χ1) is 9.66. The first-order valence-corrected chi connectivity index (χ1v) is 6.49. The van der Waals surface area contributed by atoms with Gasteiger partial charge >= 0.3 is 0 Å². The van der Waals surface area contributed by atoms with Crippen molar-refractivity contribution in [2.75, 3.05) is 13.7 Å². The molecular weight excluding hydrogens is 252 g/mol. The largest absolute Gasteiger partial charge is 0.344 e. The Morgan fingerprint density at radius 1 is 1.20 bits per heavy atom. The van der Waals surface area contributed by atoms with Gasteiger partial charge < -0.3 is 9.47 Å². The van der Waals surface area contributed by atoms with Crippen LogP contribution in [0, 0.1) is 0 Å². The molecule has 20 heavy (non-hydrogen) atoms. The second-order valence-electron chi connectivity index (χ2n) is 4.58. The van der Waals surface area contributed by atoms with Crippen LogP contribution in [-0.2, 0) is 14.3 Å². The van der Waals surface area contributed by atoms with Crippen LogP contribution in [0.25, 0.3) is 6.08 Å². The van der Waals surface area contributed by atoms with Crippen molar-refractivity contribution in [3.63, 3.8) is 0 Å². The van der Waals surface area contributed by atoms with Crippen molar-refractivity contribution >= 4 is 11.9 Å². The molecule has 0 amide bonds. The van der Waals surface area contributed by atoms with Crippen molar-refractivity contribution in [3.8, 4) is 0 Å². The number of carbonyl (C=O) groups excluding carboxylic acids is 1. The Balaban J connectivity index is 2.00. The molecule has 0 aromatic heterocycles. The third-order valence-corrected chi connectivity index (χ3v) is 3.07. The molecule has 0 spiro atoms. The van der Waals surface area contributed by atoms with E-state index in [0.29, 0.717) is 6.61 Å². The predicted octanol–water partition coefficient (Wildman–Crippen LogP) is 3.14. The molecule has 1 aromatic carbocycles. The van der Waals surface area contributed by atoms with E-state index in [1.165, 1.54) is 13.2 Å². The molecule has 0 fully saturated rings. The van der Waals surface area contributed by atoms with Crippen LogP contribution in [0.15, 0.2) is 60.2 Å². The molecule has 2 rings (SSSR count). The standard InChI is InChI=1S/C17H18O3/c1-14-10-11-16(18)17(13-14,19-2)20-12-6-9-15-7-4-3-5-8-15/h3-11,13H,12H2,1-2H3/b9-6+. The van der Waals surface area contributed by atoms with Gasteiger partial charge in [0, 0.05) is 7.11 Å². The van der Waals surface area contributed by atoms with Crippen molar-refractivity contribution in [1.82, 2.24) is 0 Å². The zero-order valence-electron chi connectivity index (χ0n) is 11.7. The van der Waals surface area contributed by atoms with E-state index in [2.05, 4.69) is 0 Å². The number of hydrogen-bond donors (Lipinski definition) is 0. The summed E-state index contributed by atoms with van der Waals surface area (Å²) >= 11 is 0. The fraction of sp³-hybridized carbons (Fsp3) is 0.235. The monoisotopic (exact) mass is 270 g/mol. The highest BCUT2D eigenvalue weighted by Gasteiger charge is 2.37. The summed E-state index contributed by atoms with van der Waals surface area (Å²) < 4.78 is 10.9. The maximum absolute atomic E-state index is 12.0. The number of allylic oxidation sites excluding steroid dienone is 2. The zero-order valence-corrected chi connectivity index (χ0v) is 11.7. The SMILES string of the molecule is COC1(OC/C=C/c2ccccc2)C=C(C)C=CC1=O. The van der Waals surface area contributed by atoms with Gasteiger partial charge in [0.1, 0.15) is 0 Å². The molecule has 1 unspecified atom stereocenters. The van der Waals surface area contributed by atoms with Gasteiger partial charge in [0.2, 0.25) is 5.78 Å². The smallest absolute Gasteiger partial charge is 0.254 e. The zero-order chi connectivity index (χ0) is 14.4. The lowest BCUT2D eigenvalue weighted by molar-refractivity contribution is -0.187. The second-order valence-corrected chi connectivity index (χ2v) is 4.58. The summed E-state index contributed by atoms with van der Waals surface area (Å²) in [5.41, 5.74) is 2.03. The molecule has 3 heteroatoms. The van der Waals surface area contributed by atoms with Crippen molar-refractivity contribution in [3.05, 3.63) is 65.8 Å². The molecule has 0 saturated heterocycles. The van der Waals surface area contributed by atoms with Crippen molar-refractivity contribution in [2.24, 2.45) is 0 Å². The Kier molecular flexibility index (Phi) is 4.66. The third kappa shape index (κ3) is 3.32. The average molecular weight is 270 g/mol. The van der Waals surface area contributed by atoms with Crippen LogP contribution in [0.2, 0.25) is 0 Å². The fourth-order valence-electron chi connectivity index (χ4n) is 1.99. The van der Waals surface area contributed by atoms with E-state index in [1.807, 2.05) is 49.4 Å². The summed E-state index contributed by atoms with van der Waals surface area (Å²) in [5.74, 6) is -1.49. The number of ketones is 1. The molecular formula is C17H18O3. The molecule has 0 saturated carbocycles. The Bertz CT molecular complexity index is 555. The van der Waals surface area contributed by atoms with Gasteiger partial charge in [-0.15, -0.1) is 0 Å². The minimum Gasteiger partial charge on any atom is -0.344 e. The van der Waals surface area contributed by atoms with Gasteiger partial charge in [-0.3, -0.25) is 4.79 Å². The van der Waals surface area contributed by atoms with Crippen molar-refractivity contribution in [1.29, 1.82) is 0 Å². The lowest BCUT2D eigenvalue weighted by Crippen LogP contribution is -2.42. The lowest BCUT2D eigenvalue weighted by Gasteiger charge is -2.28. The Morgan fingerprint density at radius 3 is 2.65 bits per heavy atom. The molecule has 0 aliphatic heterocycles. The lowest BCUT2D eigenvalue weighted by atomic mass is 10.0. The molecule has 0 bridgehead atoms. The topological polar surface area (TPSA) is 35.5 Å². The van der Waals surface area contributed by atoms with E-state index in [-0.39, 0.29) is 5.78 Å². The number of hydrogen-bond acceptors (Lipinski definition) is 3. The number of carbonyl (C=O) groups is 1. The minimum atomic E-state index is -1.29. The number of benzene rings is 1. The normalized spacial score (nSPS) is 22.3. The van der Waals surface area contributed by atoms with E-state index < -0.39 is 5.79 Å². The Morgan fingerprint density at radius 2 is 1.95 bits per heavy atom. The molecule has 1 atom stereocenters. The van der Waals surface area contributed by atoms with E-state index >= 15 is 0 Å². The molecule has 0 heterocycles. The summed E-state index contributed by atoms with van der Waals surface area (Å²) in [5, 5.41) is 0. The Labute approximate surface area is 119 Å². The van der Waals surface area contributed by atoms with Gasteiger partial charge in [-0.2, -0.15) is 0 Å². The summed E-state index contributed by atoms with van der Waals surface area (Å²) in [4.78, 5) is 12.0. The predicted molar refractivity (Wildman–Crippen MR) is 79.1 cm³/mol. The molecule has 104 valence electrons. The van der Waals surface area contributed by atoms with E-state index in [9.17, 15) is 4.79 Å². The highest BCUT2D eigenvalue weighted by Crippen LogP contribution is 2.23. The Hall–Kier alpha value is -1.97. The van der Waals surface area contributed by atoms with Gasteiger partial charge in [0.25, 0.3) is 5.79 Å². The second kappa shape index (κ2) is 6.46. The van der Waals surface area contributed by atoms with Crippen LogP contribution in [0.4, 0.5) is 0 Å². The first-order valence-electron chi connectivity index (χ1n) is 6.49. The quantitative estimate of drug-likeness (QED) is 0.771. The first kappa shape index (κ1) is 14.4. The summed E-state index contributed by atoms with van der Waals surface area (Å²) in [6.07, 6.45) is 8.75. The molecule has 3 nitrogen and oxygen atoms in total. The van der Waals surface area contributed by atoms with Crippen LogP contribution >= 0.6 is 0 Å². The van der Waals surface area contributed by atoms with Gasteiger partial charge in [0.05, 0.1) is 6.61 Å². The highest BCUT2D eigenvalue weighted by atomic mass is 16.7. The van der Waals surface area contributed by atoms with Crippen LogP contribution < -0.4 is 0 Å². The van der Waals surface area contributed by atoms with E-state index in [4.69, 9.17) is 9.47 Å². The maximum Gasteiger partial charge on any atom is 0.254 e. The third-order valence-electron chi connectivity index (χ3n) is 3.07. The number of methoxy groups -OCH3 is 1. The maximum atomic E-state index is 12.0. The molecule has 0 N–H and O–H groups in total. The summed E-state index contributed by atoms with van der Waals surface area (Å²) in [7, 11) is 1.47. The van der Waals surface area contributed by atoms with Crippen molar-refractivity contribution in [2.45, 2.75) is 12.7 Å². The average Bonchev–Trinajstić information content (AvgIpc) is 2.48. The highest BCUT2D eigenvalue weighted by molar-refractivity contribution is 5.99. The summed E-state index contributed by atoms with van der Waals surface area (Å²) in [6.45, 7) is 2.20. The summed E-state index contributed by atoms with van der Waals surface area (Å²) in [6, 6.07) is 9.91. The molecule has 1 aromatic rings. The fourth-order valence-corrected chi connectivity index (χ4v) is 1.99.